The van der Waals surface area contributed by atoms with Gasteiger partial charge in [0.05, 0.1) is 16.6 Å². The van der Waals surface area contributed by atoms with Crippen molar-refractivity contribution in [3.8, 4) is 0 Å². The Balaban J connectivity index is 2.22. The summed E-state index contributed by atoms with van der Waals surface area (Å²) in [6.45, 7) is 4.11. The van der Waals surface area contributed by atoms with Gasteiger partial charge in [0.25, 0.3) is 0 Å². The van der Waals surface area contributed by atoms with Crippen LogP contribution in [0.15, 0.2) is 29.6 Å². The van der Waals surface area contributed by atoms with Crippen LogP contribution in [0.4, 0.5) is 5.69 Å². The zero-order valence-corrected chi connectivity index (χ0v) is 12.2. The molecule has 2 N–H and O–H groups in total. The van der Waals surface area contributed by atoms with E-state index in [1.165, 1.54) is 10.4 Å². The zero-order chi connectivity index (χ0) is 14.0. The molecule has 0 aliphatic heterocycles. The summed E-state index contributed by atoms with van der Waals surface area (Å²) in [5.74, 6) is -1.02. The second-order valence-electron chi connectivity index (χ2n) is 4.33. The van der Waals surface area contributed by atoms with Gasteiger partial charge >= 0.3 is 5.97 Å². The van der Waals surface area contributed by atoms with Gasteiger partial charge < -0.3 is 10.4 Å². The molecular weight excluding hydrogens is 282 g/mol. The molecule has 1 aromatic carbocycles. The van der Waals surface area contributed by atoms with E-state index < -0.39 is 5.97 Å². The monoisotopic (exact) mass is 295 g/mol. The van der Waals surface area contributed by atoms with Gasteiger partial charge in [-0.1, -0.05) is 11.6 Å². The average Bonchev–Trinajstić information content (AvgIpc) is 2.77. The Bertz CT molecular complexity index is 609. The largest absolute Gasteiger partial charge is 0.478 e. The SMILES string of the molecule is Cc1ccsc1C(C)Nc1ccc(Cl)c(C(=O)O)c1. The highest BCUT2D eigenvalue weighted by molar-refractivity contribution is 7.10. The van der Waals surface area contributed by atoms with Crippen LogP contribution in [-0.4, -0.2) is 11.1 Å². The molecule has 0 saturated carbocycles. The molecule has 2 rings (SSSR count). The number of carboxylic acid groups (broad SMARTS) is 1. The number of benzene rings is 1. The van der Waals surface area contributed by atoms with Crippen LogP contribution in [0, 0.1) is 6.92 Å². The predicted octanol–water partition coefficient (Wildman–Crippen LogP) is 4.58. The number of nitrogens with one attached hydrogen (secondary N) is 1. The number of hydrogen-bond donors (Lipinski definition) is 2. The number of aromatic carboxylic acids is 1. The lowest BCUT2D eigenvalue weighted by Crippen LogP contribution is -2.07. The molecule has 0 amide bonds. The summed E-state index contributed by atoms with van der Waals surface area (Å²) < 4.78 is 0. The summed E-state index contributed by atoms with van der Waals surface area (Å²) in [5, 5.41) is 14.6. The molecule has 0 aliphatic carbocycles. The van der Waals surface area contributed by atoms with Crippen molar-refractivity contribution in [2.24, 2.45) is 0 Å². The predicted molar refractivity (Wildman–Crippen MR) is 79.5 cm³/mol. The molecule has 100 valence electrons. The van der Waals surface area contributed by atoms with E-state index in [2.05, 4.69) is 18.3 Å². The lowest BCUT2D eigenvalue weighted by molar-refractivity contribution is 0.0697. The van der Waals surface area contributed by atoms with Crippen molar-refractivity contribution in [2.45, 2.75) is 19.9 Å². The minimum atomic E-state index is -1.02. The minimum absolute atomic E-state index is 0.113. The van der Waals surface area contributed by atoms with E-state index in [1.807, 2.05) is 12.3 Å². The molecule has 0 bridgehead atoms. The maximum atomic E-state index is 11.0. The molecule has 0 fully saturated rings. The third kappa shape index (κ3) is 3.08. The Hall–Kier alpha value is -1.52. The van der Waals surface area contributed by atoms with Gasteiger partial charge in [-0.2, -0.15) is 0 Å². The Morgan fingerprint density at radius 3 is 2.74 bits per heavy atom. The summed E-state index contributed by atoms with van der Waals surface area (Å²) in [5.41, 5.74) is 2.10. The third-order valence-corrected chi connectivity index (χ3v) is 4.41. The molecule has 1 atom stereocenters. The highest BCUT2D eigenvalue weighted by atomic mass is 35.5. The topological polar surface area (TPSA) is 49.3 Å². The van der Waals surface area contributed by atoms with Crippen molar-refractivity contribution in [2.75, 3.05) is 5.32 Å². The van der Waals surface area contributed by atoms with Crippen molar-refractivity contribution < 1.29 is 9.90 Å². The molecule has 19 heavy (non-hydrogen) atoms. The third-order valence-electron chi connectivity index (χ3n) is 2.87. The molecule has 3 nitrogen and oxygen atoms in total. The van der Waals surface area contributed by atoms with Gasteiger partial charge in [0.2, 0.25) is 0 Å². The maximum absolute atomic E-state index is 11.0. The van der Waals surface area contributed by atoms with Gasteiger partial charge in [-0.3, -0.25) is 0 Å². The lowest BCUT2D eigenvalue weighted by Gasteiger charge is -2.15. The summed E-state index contributed by atoms with van der Waals surface area (Å²) in [6.07, 6.45) is 0. The minimum Gasteiger partial charge on any atom is -0.478 e. The Labute approximate surface area is 120 Å². The molecule has 0 radical (unpaired) electrons. The van der Waals surface area contributed by atoms with Crippen molar-refractivity contribution in [1.29, 1.82) is 0 Å². The van der Waals surface area contributed by atoms with Crippen molar-refractivity contribution in [1.82, 2.24) is 0 Å². The van der Waals surface area contributed by atoms with Crippen LogP contribution in [0.2, 0.25) is 5.02 Å². The second kappa shape index (κ2) is 5.63. The highest BCUT2D eigenvalue weighted by Crippen LogP contribution is 2.28. The molecule has 1 heterocycles. The number of aryl methyl sites for hydroxylation is 1. The van der Waals surface area contributed by atoms with E-state index in [-0.39, 0.29) is 16.6 Å². The van der Waals surface area contributed by atoms with E-state index >= 15 is 0 Å². The quantitative estimate of drug-likeness (QED) is 0.868. The first-order chi connectivity index (χ1) is 8.99. The van der Waals surface area contributed by atoms with Crippen LogP contribution < -0.4 is 5.32 Å². The Morgan fingerprint density at radius 2 is 2.16 bits per heavy atom. The molecule has 1 aromatic heterocycles. The standard InChI is InChI=1S/C14H14ClNO2S/c1-8-5-6-19-13(8)9(2)16-10-3-4-12(15)11(7-10)14(17)18/h3-7,9,16H,1-2H3,(H,17,18). The number of rotatable bonds is 4. The number of thiophene rings is 1. The number of hydrogen-bond acceptors (Lipinski definition) is 3. The fraction of sp³-hybridized carbons (Fsp3) is 0.214. The Kier molecular flexibility index (Phi) is 4.12. The fourth-order valence-corrected chi connectivity index (χ4v) is 3.06. The van der Waals surface area contributed by atoms with Gasteiger partial charge in [-0.05, 0) is 49.1 Å². The summed E-state index contributed by atoms with van der Waals surface area (Å²) in [4.78, 5) is 12.3. The first-order valence-electron chi connectivity index (χ1n) is 5.82. The normalized spacial score (nSPS) is 12.2. The number of carboxylic acids is 1. The Morgan fingerprint density at radius 1 is 1.42 bits per heavy atom. The maximum Gasteiger partial charge on any atom is 0.337 e. The van der Waals surface area contributed by atoms with Crippen LogP contribution in [0.3, 0.4) is 0 Å². The molecule has 5 heteroatoms. The first kappa shape index (κ1) is 13.9. The second-order valence-corrected chi connectivity index (χ2v) is 5.69. The van der Waals surface area contributed by atoms with Gasteiger partial charge in [0.1, 0.15) is 0 Å². The van der Waals surface area contributed by atoms with E-state index in [4.69, 9.17) is 16.7 Å². The summed E-state index contributed by atoms with van der Waals surface area (Å²) >= 11 is 7.53. The van der Waals surface area contributed by atoms with Crippen LogP contribution in [-0.2, 0) is 0 Å². The van der Waals surface area contributed by atoms with Gasteiger partial charge in [0.15, 0.2) is 0 Å². The van der Waals surface area contributed by atoms with Crippen molar-refractivity contribution >= 4 is 34.6 Å². The van der Waals surface area contributed by atoms with Gasteiger partial charge in [-0.25, -0.2) is 4.79 Å². The van der Waals surface area contributed by atoms with Crippen molar-refractivity contribution in [3.63, 3.8) is 0 Å². The number of anilines is 1. The van der Waals surface area contributed by atoms with Gasteiger partial charge in [0, 0.05) is 10.6 Å². The average molecular weight is 296 g/mol. The number of carbonyl (C=O) groups is 1. The summed E-state index contributed by atoms with van der Waals surface area (Å²) in [6, 6.07) is 7.14. The van der Waals surface area contributed by atoms with Gasteiger partial charge in [-0.15, -0.1) is 11.3 Å². The molecule has 2 aromatic rings. The van der Waals surface area contributed by atoms with E-state index in [0.29, 0.717) is 0 Å². The van der Waals surface area contributed by atoms with E-state index in [1.54, 1.807) is 29.5 Å². The van der Waals surface area contributed by atoms with Crippen LogP contribution in [0.25, 0.3) is 0 Å². The fourth-order valence-electron chi connectivity index (χ4n) is 1.92. The van der Waals surface area contributed by atoms with E-state index in [9.17, 15) is 4.79 Å². The lowest BCUT2D eigenvalue weighted by atomic mass is 10.1. The smallest absolute Gasteiger partial charge is 0.337 e. The first-order valence-corrected chi connectivity index (χ1v) is 7.08. The molecule has 0 aliphatic rings. The molecule has 0 spiro atoms. The van der Waals surface area contributed by atoms with Crippen LogP contribution >= 0.6 is 22.9 Å². The highest BCUT2D eigenvalue weighted by Gasteiger charge is 2.13. The zero-order valence-electron chi connectivity index (χ0n) is 10.6. The summed E-state index contributed by atoms with van der Waals surface area (Å²) in [7, 11) is 0. The van der Waals surface area contributed by atoms with Crippen molar-refractivity contribution in [3.05, 3.63) is 50.7 Å². The molecule has 1 unspecified atom stereocenters. The van der Waals surface area contributed by atoms with Crippen LogP contribution in [0.1, 0.15) is 33.8 Å². The van der Waals surface area contributed by atoms with E-state index in [0.717, 1.165) is 5.69 Å². The van der Waals surface area contributed by atoms with Crippen LogP contribution in [0.5, 0.6) is 0 Å². The number of halogens is 1. The molecule has 0 saturated heterocycles. The molecular formula is C14H14ClNO2S.